The third-order valence-electron chi connectivity index (χ3n) is 4.97. The van der Waals surface area contributed by atoms with Crippen LogP contribution in [0.3, 0.4) is 0 Å². The highest BCUT2D eigenvalue weighted by atomic mass is 32.2. The topological polar surface area (TPSA) is 66.8 Å². The molecule has 2 rings (SSSR count). The molecule has 2 atom stereocenters. The number of benzene rings is 1. The van der Waals surface area contributed by atoms with Crippen molar-refractivity contribution in [1.82, 2.24) is 4.31 Å². The van der Waals surface area contributed by atoms with Crippen molar-refractivity contribution in [3.05, 3.63) is 23.3 Å². The Balaban J connectivity index is 2.46. The van der Waals surface area contributed by atoms with E-state index in [0.717, 1.165) is 18.4 Å². The molecule has 0 aliphatic heterocycles. The van der Waals surface area contributed by atoms with Crippen LogP contribution in [0.2, 0.25) is 0 Å². The van der Waals surface area contributed by atoms with Gasteiger partial charge in [-0.15, -0.1) is 0 Å². The summed E-state index contributed by atoms with van der Waals surface area (Å²) in [5.41, 5.74) is 1.53. The Hall–Kier alpha value is -1.11. The molecule has 24 heavy (non-hydrogen) atoms. The molecule has 0 radical (unpaired) electrons. The van der Waals surface area contributed by atoms with Gasteiger partial charge >= 0.3 is 0 Å². The standard InChI is InChI=1S/C18H29NO4S/c1-12(2)14-11-18(13(3)10-17(14)23-5)24(21,22)19(4)15-8-6-7-9-16(15)20/h10-12,15-16,20H,6-9H2,1-5H3/t15-,16-/m1/s1. The fraction of sp³-hybridized carbons (Fsp3) is 0.667. The molecule has 0 spiro atoms. The predicted octanol–water partition coefficient (Wildman–Crippen LogP) is 3.05. The number of nitrogens with zero attached hydrogens (tertiary/aromatic N) is 1. The smallest absolute Gasteiger partial charge is 0.243 e. The lowest BCUT2D eigenvalue weighted by Gasteiger charge is -2.34. The molecule has 0 saturated heterocycles. The monoisotopic (exact) mass is 355 g/mol. The number of methoxy groups -OCH3 is 1. The van der Waals surface area contributed by atoms with E-state index in [9.17, 15) is 13.5 Å². The molecule has 0 amide bonds. The molecule has 0 bridgehead atoms. The van der Waals surface area contributed by atoms with Crippen LogP contribution < -0.4 is 4.74 Å². The largest absolute Gasteiger partial charge is 0.496 e. The maximum Gasteiger partial charge on any atom is 0.243 e. The Morgan fingerprint density at radius 1 is 1.25 bits per heavy atom. The highest BCUT2D eigenvalue weighted by molar-refractivity contribution is 7.89. The lowest BCUT2D eigenvalue weighted by molar-refractivity contribution is 0.0638. The lowest BCUT2D eigenvalue weighted by Crippen LogP contribution is -2.46. The Kier molecular flexibility index (Phi) is 5.94. The molecule has 5 nitrogen and oxygen atoms in total. The van der Waals surface area contributed by atoms with E-state index < -0.39 is 16.1 Å². The van der Waals surface area contributed by atoms with Gasteiger partial charge in [0.05, 0.1) is 24.2 Å². The number of aliphatic hydroxyl groups is 1. The van der Waals surface area contributed by atoms with E-state index in [4.69, 9.17) is 4.74 Å². The van der Waals surface area contributed by atoms with Crippen LogP contribution in [0.1, 0.15) is 56.6 Å². The van der Waals surface area contributed by atoms with Crippen molar-refractivity contribution in [3.63, 3.8) is 0 Å². The maximum absolute atomic E-state index is 13.1. The maximum atomic E-state index is 13.1. The summed E-state index contributed by atoms with van der Waals surface area (Å²) in [6.45, 7) is 5.81. The molecule has 1 aromatic rings. The average molecular weight is 356 g/mol. The third-order valence-corrected chi connectivity index (χ3v) is 6.99. The Morgan fingerprint density at radius 2 is 1.88 bits per heavy atom. The van der Waals surface area contributed by atoms with Gasteiger partial charge in [-0.25, -0.2) is 8.42 Å². The second-order valence-electron chi connectivity index (χ2n) is 6.95. The first-order valence-corrected chi connectivity index (χ1v) is 9.98. The van der Waals surface area contributed by atoms with E-state index in [2.05, 4.69) is 0 Å². The van der Waals surface area contributed by atoms with Crippen LogP contribution in [0.5, 0.6) is 5.75 Å². The quantitative estimate of drug-likeness (QED) is 0.881. The number of hydrogen-bond donors (Lipinski definition) is 1. The van der Waals surface area contributed by atoms with Crippen LogP contribution in [0, 0.1) is 6.92 Å². The third kappa shape index (κ3) is 3.60. The van der Waals surface area contributed by atoms with Gasteiger partial charge in [-0.05, 0) is 48.9 Å². The first kappa shape index (κ1) is 19.2. The summed E-state index contributed by atoms with van der Waals surface area (Å²) in [5, 5.41) is 10.2. The van der Waals surface area contributed by atoms with Crippen molar-refractivity contribution in [2.24, 2.45) is 0 Å². The second kappa shape index (κ2) is 7.42. The zero-order valence-corrected chi connectivity index (χ0v) is 16.1. The van der Waals surface area contributed by atoms with Crippen molar-refractivity contribution in [2.45, 2.75) is 69.4 Å². The summed E-state index contributed by atoms with van der Waals surface area (Å²) in [7, 11) is -0.492. The molecule has 6 heteroatoms. The Bertz CT molecular complexity index is 685. The molecule has 0 aromatic heterocycles. The molecule has 1 saturated carbocycles. The molecule has 1 fully saturated rings. The minimum absolute atomic E-state index is 0.153. The molecule has 0 heterocycles. The first-order valence-electron chi connectivity index (χ1n) is 8.54. The summed E-state index contributed by atoms with van der Waals surface area (Å²) in [5.74, 6) is 0.863. The number of likely N-dealkylation sites (N-methyl/N-ethyl adjacent to an activating group) is 1. The number of aryl methyl sites for hydroxylation is 1. The predicted molar refractivity (Wildman–Crippen MR) is 95.0 cm³/mol. The van der Waals surface area contributed by atoms with Gasteiger partial charge in [0, 0.05) is 7.05 Å². The molecular weight excluding hydrogens is 326 g/mol. The first-order chi connectivity index (χ1) is 11.2. The lowest BCUT2D eigenvalue weighted by atomic mass is 9.93. The van der Waals surface area contributed by atoms with Gasteiger partial charge in [-0.3, -0.25) is 0 Å². The summed E-state index contributed by atoms with van der Waals surface area (Å²) in [6, 6.07) is 3.15. The van der Waals surface area contributed by atoms with Crippen molar-refractivity contribution in [3.8, 4) is 5.75 Å². The fourth-order valence-electron chi connectivity index (χ4n) is 3.43. The number of hydrogen-bond acceptors (Lipinski definition) is 4. The van der Waals surface area contributed by atoms with Crippen LogP contribution in [-0.4, -0.2) is 44.1 Å². The number of rotatable bonds is 5. The molecular formula is C18H29NO4S. The van der Waals surface area contributed by atoms with E-state index in [1.807, 2.05) is 13.8 Å². The summed E-state index contributed by atoms with van der Waals surface area (Å²) < 4.78 is 33.0. The van der Waals surface area contributed by atoms with E-state index in [0.29, 0.717) is 29.1 Å². The second-order valence-corrected chi connectivity index (χ2v) is 8.92. The van der Waals surface area contributed by atoms with Crippen molar-refractivity contribution >= 4 is 10.0 Å². The zero-order chi connectivity index (χ0) is 18.1. The van der Waals surface area contributed by atoms with Crippen LogP contribution >= 0.6 is 0 Å². The van der Waals surface area contributed by atoms with E-state index in [-0.39, 0.29) is 12.0 Å². The molecule has 1 aliphatic rings. The zero-order valence-electron chi connectivity index (χ0n) is 15.2. The van der Waals surface area contributed by atoms with Crippen LogP contribution in [0.25, 0.3) is 0 Å². The van der Waals surface area contributed by atoms with Gasteiger partial charge in [0.1, 0.15) is 5.75 Å². The van der Waals surface area contributed by atoms with Crippen molar-refractivity contribution < 1.29 is 18.3 Å². The van der Waals surface area contributed by atoms with Crippen molar-refractivity contribution in [2.75, 3.05) is 14.2 Å². The minimum atomic E-state index is -3.67. The molecule has 136 valence electrons. The van der Waals surface area contributed by atoms with Crippen LogP contribution in [0.4, 0.5) is 0 Å². The van der Waals surface area contributed by atoms with Crippen LogP contribution in [-0.2, 0) is 10.0 Å². The van der Waals surface area contributed by atoms with Gasteiger partial charge in [-0.1, -0.05) is 26.7 Å². The highest BCUT2D eigenvalue weighted by Crippen LogP contribution is 2.34. The van der Waals surface area contributed by atoms with Gasteiger partial charge in [0.2, 0.25) is 10.0 Å². The van der Waals surface area contributed by atoms with Gasteiger partial charge in [-0.2, -0.15) is 4.31 Å². The molecule has 1 aliphatic carbocycles. The number of ether oxygens (including phenoxy) is 1. The van der Waals surface area contributed by atoms with Crippen LogP contribution in [0.15, 0.2) is 17.0 Å². The highest BCUT2D eigenvalue weighted by Gasteiger charge is 2.35. The molecule has 1 N–H and O–H groups in total. The van der Waals surface area contributed by atoms with Crippen molar-refractivity contribution in [1.29, 1.82) is 0 Å². The minimum Gasteiger partial charge on any atom is -0.496 e. The summed E-state index contributed by atoms with van der Waals surface area (Å²) in [4.78, 5) is 0.298. The summed E-state index contributed by atoms with van der Waals surface area (Å²) in [6.07, 6.45) is 2.65. The Morgan fingerprint density at radius 3 is 2.42 bits per heavy atom. The van der Waals surface area contributed by atoms with E-state index in [1.54, 1.807) is 33.2 Å². The Labute approximate surface area is 145 Å². The SMILES string of the molecule is COc1cc(C)c(S(=O)(=O)N(C)[C@@H]2CCCC[C@H]2O)cc1C(C)C. The molecule has 1 aromatic carbocycles. The number of aliphatic hydroxyl groups excluding tert-OH is 1. The average Bonchev–Trinajstić information content (AvgIpc) is 2.53. The van der Waals surface area contributed by atoms with Gasteiger partial charge in [0.15, 0.2) is 0 Å². The fourth-order valence-corrected chi connectivity index (χ4v) is 5.09. The van der Waals surface area contributed by atoms with E-state index >= 15 is 0 Å². The number of sulfonamides is 1. The van der Waals surface area contributed by atoms with Gasteiger partial charge in [0.25, 0.3) is 0 Å². The summed E-state index contributed by atoms with van der Waals surface area (Å²) >= 11 is 0. The van der Waals surface area contributed by atoms with E-state index in [1.165, 1.54) is 4.31 Å². The molecule has 0 unspecified atom stereocenters. The van der Waals surface area contributed by atoms with Gasteiger partial charge < -0.3 is 9.84 Å². The normalized spacial score (nSPS) is 22.2.